The number of benzene rings is 2. The number of aliphatic carboxylic acids is 2. The van der Waals surface area contributed by atoms with Gasteiger partial charge in [-0.2, -0.15) is 0 Å². The molecule has 0 aliphatic carbocycles. The Hall–Kier alpha value is -5.15. The van der Waals surface area contributed by atoms with Crippen molar-refractivity contribution in [1.29, 1.82) is 0 Å². The summed E-state index contributed by atoms with van der Waals surface area (Å²) in [7, 11) is 0. The predicted octanol–water partition coefficient (Wildman–Crippen LogP) is 3.05. The normalized spacial score (nSPS) is 13.2. The quantitative estimate of drug-likeness (QED) is 0.115. The average molecular weight is 714 g/mol. The van der Waals surface area contributed by atoms with E-state index in [0.29, 0.717) is 17.8 Å². The van der Waals surface area contributed by atoms with Crippen molar-refractivity contribution < 1.29 is 48.1 Å². The first kappa shape index (κ1) is 40.3. The van der Waals surface area contributed by atoms with Gasteiger partial charge in [0.25, 0.3) is 0 Å². The first-order valence-corrected chi connectivity index (χ1v) is 16.4. The third kappa shape index (κ3) is 11.7. The van der Waals surface area contributed by atoms with E-state index in [4.69, 9.17) is 10.8 Å². The highest BCUT2D eigenvalue weighted by molar-refractivity contribution is 5.85. The van der Waals surface area contributed by atoms with E-state index >= 15 is 0 Å². The van der Waals surface area contributed by atoms with Crippen molar-refractivity contribution in [2.75, 3.05) is 19.7 Å². The topological polar surface area (TPSA) is 204 Å². The lowest BCUT2D eigenvalue weighted by molar-refractivity contribution is -0.143. The maximum Gasteiger partial charge on any atom is 0.326 e. The number of halogens is 2. The zero-order valence-electron chi connectivity index (χ0n) is 28.8. The summed E-state index contributed by atoms with van der Waals surface area (Å²) >= 11 is 0. The molecule has 0 spiro atoms. The van der Waals surface area contributed by atoms with Gasteiger partial charge in [-0.05, 0) is 48.1 Å². The largest absolute Gasteiger partial charge is 0.481 e. The highest BCUT2D eigenvalue weighted by Gasteiger charge is 2.37. The number of aliphatic hydroxyl groups excluding tert-OH is 1. The Bertz CT molecular complexity index is 1690. The molecule has 0 fully saturated rings. The third-order valence-electron chi connectivity index (χ3n) is 8.18. The molecule has 0 saturated heterocycles. The lowest BCUT2D eigenvalue weighted by Crippen LogP contribution is -2.48. The molecule has 3 aromatic rings. The van der Waals surface area contributed by atoms with Gasteiger partial charge in [-0.3, -0.25) is 19.2 Å². The molecule has 1 heterocycles. The van der Waals surface area contributed by atoms with E-state index in [1.54, 1.807) is 12.3 Å². The minimum Gasteiger partial charge on any atom is -0.481 e. The minimum absolute atomic E-state index is 0.0295. The summed E-state index contributed by atoms with van der Waals surface area (Å²) in [5.41, 5.74) is 7.36. The molecule has 0 aliphatic heterocycles. The molecule has 3 rings (SSSR count). The molecule has 0 aliphatic rings. The molecular weight excluding hydrogens is 668 g/mol. The van der Waals surface area contributed by atoms with Gasteiger partial charge in [-0.25, -0.2) is 13.6 Å². The maximum atomic E-state index is 15.0. The summed E-state index contributed by atoms with van der Waals surface area (Å²) in [4.78, 5) is 62.0. The summed E-state index contributed by atoms with van der Waals surface area (Å²) in [6.45, 7) is 4.84. The second kappa shape index (κ2) is 18.2. The van der Waals surface area contributed by atoms with E-state index in [0.717, 1.165) is 23.8 Å². The Kier molecular flexibility index (Phi) is 14.4. The van der Waals surface area contributed by atoms with Crippen LogP contribution in [0.5, 0.6) is 0 Å². The van der Waals surface area contributed by atoms with E-state index in [2.05, 4.69) is 10.6 Å². The summed E-state index contributed by atoms with van der Waals surface area (Å²) in [5, 5.41) is 32.8. The number of nitrogens with one attached hydrogen (secondary N) is 2. The predicted molar refractivity (Wildman–Crippen MR) is 183 cm³/mol. The van der Waals surface area contributed by atoms with Gasteiger partial charge >= 0.3 is 11.9 Å². The van der Waals surface area contributed by atoms with E-state index < -0.39 is 77.9 Å². The number of nitrogens with two attached hydrogens (primary N) is 1. The Morgan fingerprint density at radius 3 is 2.25 bits per heavy atom. The zero-order chi connectivity index (χ0) is 37.9. The van der Waals surface area contributed by atoms with Crippen LogP contribution in [-0.4, -0.2) is 86.2 Å². The van der Waals surface area contributed by atoms with Crippen molar-refractivity contribution in [3.63, 3.8) is 0 Å². The summed E-state index contributed by atoms with van der Waals surface area (Å²) < 4.78 is 31.1. The molecule has 0 bridgehead atoms. The van der Waals surface area contributed by atoms with Crippen LogP contribution in [-0.2, 0) is 30.5 Å². The summed E-state index contributed by atoms with van der Waals surface area (Å²) in [6, 6.07) is 10.9. The van der Waals surface area contributed by atoms with Gasteiger partial charge in [0, 0.05) is 55.5 Å². The Balaban J connectivity index is 1.82. The molecule has 13 nitrogen and oxygen atoms in total. The molecule has 0 saturated carbocycles. The van der Waals surface area contributed by atoms with Crippen LogP contribution >= 0.6 is 0 Å². The number of aromatic nitrogens is 1. The van der Waals surface area contributed by atoms with E-state index in [1.807, 2.05) is 55.7 Å². The highest BCUT2D eigenvalue weighted by atomic mass is 19.1. The van der Waals surface area contributed by atoms with Crippen LogP contribution in [0.3, 0.4) is 0 Å². The van der Waals surface area contributed by atoms with Crippen molar-refractivity contribution in [3.8, 4) is 11.1 Å². The fourth-order valence-corrected chi connectivity index (χ4v) is 5.73. The van der Waals surface area contributed by atoms with Crippen molar-refractivity contribution in [2.45, 2.75) is 71.1 Å². The summed E-state index contributed by atoms with van der Waals surface area (Å²) in [5.74, 6) is -5.88. The lowest BCUT2D eigenvalue weighted by atomic mass is 9.82. The zero-order valence-corrected chi connectivity index (χ0v) is 28.8. The number of hydrogen-bond donors (Lipinski definition) is 6. The minimum atomic E-state index is -1.41. The highest BCUT2D eigenvalue weighted by Crippen LogP contribution is 2.41. The SMILES string of the molecule is CC(C)(C)[C@H](c1cc(-c2cc(F)ccc2F)cn1Cc1ccccc1)N(CC[C@H](N)C(=O)NCCC(=O)N[C@@H](CCC(=O)O)C(=O)O)C(=O)CO. The van der Waals surface area contributed by atoms with Crippen LogP contribution in [0.2, 0.25) is 0 Å². The molecule has 0 radical (unpaired) electrons. The molecule has 3 amide bonds. The molecule has 3 atom stereocenters. The number of carbonyl (C=O) groups is 5. The molecule has 7 N–H and O–H groups in total. The Labute approximate surface area is 294 Å². The van der Waals surface area contributed by atoms with Gasteiger partial charge in [-0.15, -0.1) is 0 Å². The fraction of sp³-hybridized carbons (Fsp3) is 0.417. The molecule has 15 heteroatoms. The van der Waals surface area contributed by atoms with E-state index in [1.165, 1.54) is 4.90 Å². The number of hydrogen-bond acceptors (Lipinski definition) is 7. The van der Waals surface area contributed by atoms with Gasteiger partial charge in [0.15, 0.2) is 0 Å². The molecule has 0 unspecified atom stereocenters. The van der Waals surface area contributed by atoms with Gasteiger partial charge in [0.1, 0.15) is 24.3 Å². The van der Waals surface area contributed by atoms with Crippen LogP contribution in [0.25, 0.3) is 11.1 Å². The van der Waals surface area contributed by atoms with Crippen molar-refractivity contribution in [1.82, 2.24) is 20.1 Å². The molecule has 2 aromatic carbocycles. The number of carbonyl (C=O) groups excluding carboxylic acids is 3. The van der Waals surface area contributed by atoms with Crippen molar-refractivity contribution in [2.24, 2.45) is 11.1 Å². The number of nitrogens with zero attached hydrogens (tertiary/aromatic N) is 2. The summed E-state index contributed by atoms with van der Waals surface area (Å²) in [6.07, 6.45) is 0.549. The number of carboxylic acid groups (broad SMARTS) is 2. The van der Waals surface area contributed by atoms with Gasteiger partial charge < -0.3 is 41.2 Å². The van der Waals surface area contributed by atoms with E-state index in [9.17, 15) is 43.0 Å². The monoisotopic (exact) mass is 713 g/mol. The van der Waals surface area contributed by atoms with Crippen LogP contribution in [0.1, 0.15) is 63.8 Å². The van der Waals surface area contributed by atoms with Crippen LogP contribution in [0.4, 0.5) is 8.78 Å². The molecule has 51 heavy (non-hydrogen) atoms. The smallest absolute Gasteiger partial charge is 0.326 e. The molecule has 276 valence electrons. The van der Waals surface area contributed by atoms with Crippen molar-refractivity contribution >= 4 is 29.7 Å². The standard InChI is InChI=1S/C36H45F2N5O8/c1-36(2,3)33(29-17-23(25-18-24(37)9-10-26(25)38)20-42(29)19-22-7-5-4-6-8-22)43(31(46)21-44)16-14-27(39)34(49)40-15-13-30(45)41-28(35(50)51)11-12-32(47)48/h4-10,17-18,20,27-28,33,44H,11-16,19,21,39H2,1-3H3,(H,40,49)(H,41,45)(H,47,48)(H,50,51)/t27-,28-,33-/m0/s1. The van der Waals surface area contributed by atoms with Crippen LogP contribution < -0.4 is 16.4 Å². The van der Waals surface area contributed by atoms with Crippen molar-refractivity contribution in [3.05, 3.63) is 83.7 Å². The lowest BCUT2D eigenvalue weighted by Gasteiger charge is -2.41. The molecular formula is C36H45F2N5O8. The average Bonchev–Trinajstić information content (AvgIpc) is 3.47. The third-order valence-corrected chi connectivity index (χ3v) is 8.18. The van der Waals surface area contributed by atoms with Gasteiger partial charge in [0.05, 0.1) is 12.1 Å². The number of aliphatic hydroxyl groups is 1. The Morgan fingerprint density at radius 1 is 0.961 bits per heavy atom. The first-order chi connectivity index (χ1) is 24.0. The number of amides is 3. The molecule has 1 aromatic heterocycles. The fourth-order valence-electron chi connectivity index (χ4n) is 5.73. The van der Waals surface area contributed by atoms with Gasteiger partial charge in [-0.1, -0.05) is 51.1 Å². The number of carboxylic acids is 2. The Morgan fingerprint density at radius 2 is 1.65 bits per heavy atom. The van der Waals surface area contributed by atoms with Crippen LogP contribution in [0.15, 0.2) is 60.8 Å². The maximum absolute atomic E-state index is 15.0. The second-order valence-electron chi connectivity index (χ2n) is 13.2. The first-order valence-electron chi connectivity index (χ1n) is 16.4. The van der Waals surface area contributed by atoms with E-state index in [-0.39, 0.29) is 37.9 Å². The number of rotatable bonds is 18. The van der Waals surface area contributed by atoms with Crippen LogP contribution in [0, 0.1) is 17.0 Å². The van der Waals surface area contributed by atoms with Gasteiger partial charge in [0.2, 0.25) is 17.7 Å². The second-order valence-corrected chi connectivity index (χ2v) is 13.2.